The van der Waals surface area contributed by atoms with Crippen molar-refractivity contribution in [2.45, 2.75) is 45.4 Å². The third kappa shape index (κ3) is 6.71. The van der Waals surface area contributed by atoms with Crippen LogP contribution in [0.3, 0.4) is 0 Å². The lowest BCUT2D eigenvalue weighted by Crippen LogP contribution is -2.11. The normalized spacial score (nSPS) is 10.3. The SMILES string of the molecule is CCCCC(=O)Cc1cccc(NC(=O)CCCCl)c1. The lowest BCUT2D eigenvalue weighted by atomic mass is 10.0. The summed E-state index contributed by atoms with van der Waals surface area (Å²) in [6, 6.07) is 7.47. The van der Waals surface area contributed by atoms with Crippen LogP contribution in [0, 0.1) is 0 Å². The maximum atomic E-state index is 11.7. The minimum Gasteiger partial charge on any atom is -0.326 e. The van der Waals surface area contributed by atoms with E-state index in [9.17, 15) is 9.59 Å². The average Bonchev–Trinajstić information content (AvgIpc) is 2.43. The van der Waals surface area contributed by atoms with Gasteiger partial charge in [-0.2, -0.15) is 0 Å². The minimum atomic E-state index is -0.0416. The zero-order valence-electron chi connectivity index (χ0n) is 12.0. The molecular formula is C16H22ClNO2. The largest absolute Gasteiger partial charge is 0.326 e. The maximum Gasteiger partial charge on any atom is 0.224 e. The number of halogens is 1. The number of Topliss-reactive ketones (excluding diaryl/α,β-unsaturated/α-hetero) is 1. The number of unbranched alkanes of at least 4 members (excludes halogenated alkanes) is 1. The summed E-state index contributed by atoms with van der Waals surface area (Å²) >= 11 is 5.56. The third-order valence-electron chi connectivity index (χ3n) is 2.96. The number of amides is 1. The van der Waals surface area contributed by atoms with Crippen LogP contribution < -0.4 is 5.32 Å². The molecule has 0 unspecified atom stereocenters. The number of carbonyl (C=O) groups is 2. The molecule has 20 heavy (non-hydrogen) atoms. The molecule has 0 aliphatic rings. The second-order valence-electron chi connectivity index (χ2n) is 4.86. The van der Waals surface area contributed by atoms with Gasteiger partial charge in [0.25, 0.3) is 0 Å². The number of benzene rings is 1. The van der Waals surface area contributed by atoms with Crippen molar-refractivity contribution in [3.05, 3.63) is 29.8 Å². The Morgan fingerprint density at radius 1 is 1.20 bits per heavy atom. The van der Waals surface area contributed by atoms with E-state index in [0.29, 0.717) is 31.6 Å². The van der Waals surface area contributed by atoms with E-state index in [1.54, 1.807) is 0 Å². The fourth-order valence-electron chi connectivity index (χ4n) is 1.90. The Labute approximate surface area is 125 Å². The van der Waals surface area contributed by atoms with Crippen LogP contribution in [-0.4, -0.2) is 17.6 Å². The van der Waals surface area contributed by atoms with E-state index in [2.05, 4.69) is 12.2 Å². The van der Waals surface area contributed by atoms with Crippen molar-refractivity contribution >= 4 is 29.0 Å². The Bertz CT molecular complexity index is 409. The lowest BCUT2D eigenvalue weighted by Gasteiger charge is -2.07. The highest BCUT2D eigenvalue weighted by Gasteiger charge is 2.06. The second kappa shape index (κ2) is 9.54. The topological polar surface area (TPSA) is 46.2 Å². The van der Waals surface area contributed by atoms with Gasteiger partial charge in [-0.15, -0.1) is 11.6 Å². The van der Waals surface area contributed by atoms with Gasteiger partial charge in [-0.3, -0.25) is 9.59 Å². The molecule has 1 aromatic rings. The predicted octanol–water partition coefficient (Wildman–Crippen LogP) is 3.95. The van der Waals surface area contributed by atoms with Crippen LogP contribution in [-0.2, 0) is 16.0 Å². The molecule has 0 spiro atoms. The summed E-state index contributed by atoms with van der Waals surface area (Å²) < 4.78 is 0. The second-order valence-corrected chi connectivity index (χ2v) is 5.24. The highest BCUT2D eigenvalue weighted by Crippen LogP contribution is 2.13. The first kappa shape index (κ1) is 16.7. The van der Waals surface area contributed by atoms with Crippen LogP contribution in [0.5, 0.6) is 0 Å². The molecule has 1 aromatic carbocycles. The van der Waals surface area contributed by atoms with Crippen molar-refractivity contribution in [2.75, 3.05) is 11.2 Å². The van der Waals surface area contributed by atoms with E-state index in [1.807, 2.05) is 24.3 Å². The van der Waals surface area contributed by atoms with Crippen LogP contribution in [0.4, 0.5) is 5.69 Å². The number of nitrogens with one attached hydrogen (secondary N) is 1. The highest BCUT2D eigenvalue weighted by molar-refractivity contribution is 6.18. The smallest absolute Gasteiger partial charge is 0.224 e. The Balaban J connectivity index is 2.52. The van der Waals surface area contributed by atoms with Crippen molar-refractivity contribution in [2.24, 2.45) is 0 Å². The van der Waals surface area contributed by atoms with Crippen LogP contribution in [0.15, 0.2) is 24.3 Å². The first-order valence-corrected chi connectivity index (χ1v) is 7.65. The molecule has 1 amide bonds. The Kier molecular flexibility index (Phi) is 7.97. The van der Waals surface area contributed by atoms with Gasteiger partial charge >= 0.3 is 0 Å². The van der Waals surface area contributed by atoms with Gasteiger partial charge < -0.3 is 5.32 Å². The molecule has 4 heteroatoms. The van der Waals surface area contributed by atoms with Crippen LogP contribution in [0.1, 0.15) is 44.6 Å². The molecular weight excluding hydrogens is 274 g/mol. The molecule has 0 radical (unpaired) electrons. The Morgan fingerprint density at radius 2 is 2.00 bits per heavy atom. The summed E-state index contributed by atoms with van der Waals surface area (Å²) in [6.45, 7) is 2.07. The molecule has 0 aliphatic heterocycles. The number of carbonyl (C=O) groups excluding carboxylic acids is 2. The molecule has 1 rings (SSSR count). The van der Waals surface area contributed by atoms with E-state index < -0.39 is 0 Å². The highest BCUT2D eigenvalue weighted by atomic mass is 35.5. The molecule has 1 N–H and O–H groups in total. The molecule has 3 nitrogen and oxygen atoms in total. The van der Waals surface area contributed by atoms with Gasteiger partial charge in [0.2, 0.25) is 5.91 Å². The van der Waals surface area contributed by atoms with Crippen LogP contribution in [0.25, 0.3) is 0 Å². The van der Waals surface area contributed by atoms with Gasteiger partial charge in [-0.25, -0.2) is 0 Å². The fourth-order valence-corrected chi connectivity index (χ4v) is 2.03. The summed E-state index contributed by atoms with van der Waals surface area (Å²) in [4.78, 5) is 23.4. The molecule has 0 heterocycles. The summed E-state index contributed by atoms with van der Waals surface area (Å²) in [5, 5.41) is 2.82. The summed E-state index contributed by atoms with van der Waals surface area (Å²) in [6.07, 6.45) is 4.12. The van der Waals surface area contributed by atoms with E-state index >= 15 is 0 Å². The summed E-state index contributed by atoms with van der Waals surface area (Å²) in [5.41, 5.74) is 1.69. The zero-order valence-corrected chi connectivity index (χ0v) is 12.7. The van der Waals surface area contributed by atoms with Gasteiger partial charge in [-0.05, 0) is 30.5 Å². The van der Waals surface area contributed by atoms with Gasteiger partial charge in [0.1, 0.15) is 5.78 Å². The van der Waals surface area contributed by atoms with Crippen molar-refractivity contribution in [3.8, 4) is 0 Å². The first-order chi connectivity index (χ1) is 9.65. The molecule has 0 aliphatic carbocycles. The molecule has 110 valence electrons. The molecule has 0 bridgehead atoms. The number of hydrogen-bond acceptors (Lipinski definition) is 2. The maximum absolute atomic E-state index is 11.7. The van der Waals surface area contributed by atoms with Crippen molar-refractivity contribution in [1.82, 2.24) is 0 Å². The number of ketones is 1. The molecule has 0 atom stereocenters. The summed E-state index contributed by atoms with van der Waals surface area (Å²) in [5.74, 6) is 0.692. The molecule has 0 aromatic heterocycles. The predicted molar refractivity (Wildman–Crippen MR) is 83.3 cm³/mol. The summed E-state index contributed by atoms with van der Waals surface area (Å²) in [7, 11) is 0. The monoisotopic (exact) mass is 295 g/mol. The van der Waals surface area contributed by atoms with Crippen LogP contribution >= 0.6 is 11.6 Å². The van der Waals surface area contributed by atoms with Gasteiger partial charge in [0.05, 0.1) is 0 Å². The molecule has 0 fully saturated rings. The minimum absolute atomic E-state index is 0.0416. The quantitative estimate of drug-likeness (QED) is 0.701. The van der Waals surface area contributed by atoms with Crippen molar-refractivity contribution < 1.29 is 9.59 Å². The first-order valence-electron chi connectivity index (χ1n) is 7.12. The van der Waals surface area contributed by atoms with E-state index in [0.717, 1.165) is 24.1 Å². The standard InChI is InChI=1S/C16H22ClNO2/c1-2-3-8-15(19)12-13-6-4-7-14(11-13)18-16(20)9-5-10-17/h4,6-7,11H,2-3,5,8-10,12H2,1H3,(H,18,20). The number of anilines is 1. The lowest BCUT2D eigenvalue weighted by molar-refractivity contribution is -0.118. The van der Waals surface area contributed by atoms with Crippen LogP contribution in [0.2, 0.25) is 0 Å². The molecule has 0 saturated heterocycles. The van der Waals surface area contributed by atoms with Gasteiger partial charge in [0.15, 0.2) is 0 Å². The van der Waals surface area contributed by atoms with Gasteiger partial charge in [-0.1, -0.05) is 25.5 Å². The average molecular weight is 296 g/mol. The Hall–Kier alpha value is -1.35. The third-order valence-corrected chi connectivity index (χ3v) is 3.23. The van der Waals surface area contributed by atoms with Crippen molar-refractivity contribution in [3.63, 3.8) is 0 Å². The van der Waals surface area contributed by atoms with E-state index in [-0.39, 0.29) is 11.7 Å². The number of hydrogen-bond donors (Lipinski definition) is 1. The van der Waals surface area contributed by atoms with E-state index in [4.69, 9.17) is 11.6 Å². The zero-order chi connectivity index (χ0) is 14.8. The number of alkyl halides is 1. The number of rotatable bonds is 9. The molecule has 0 saturated carbocycles. The van der Waals surface area contributed by atoms with Crippen molar-refractivity contribution in [1.29, 1.82) is 0 Å². The fraction of sp³-hybridized carbons (Fsp3) is 0.500. The Morgan fingerprint density at radius 3 is 2.70 bits per heavy atom. The van der Waals surface area contributed by atoms with Gasteiger partial charge in [0, 0.05) is 30.8 Å². The van der Waals surface area contributed by atoms with E-state index in [1.165, 1.54) is 0 Å².